The lowest BCUT2D eigenvalue weighted by Gasteiger charge is -2.21. The maximum Gasteiger partial charge on any atom is 0.324 e. The Morgan fingerprint density at radius 3 is 2.78 bits per heavy atom. The SMILES string of the molecule is CN1C(=O)NC2(CCN(C(=O)NCc3ncnn3-c3ccccc3)C2)C1=O. The van der Waals surface area contributed by atoms with Crippen molar-refractivity contribution in [3.63, 3.8) is 0 Å². The Morgan fingerprint density at radius 1 is 1.30 bits per heavy atom. The number of amides is 5. The summed E-state index contributed by atoms with van der Waals surface area (Å²) in [4.78, 5) is 43.3. The van der Waals surface area contributed by atoms with Crippen molar-refractivity contribution < 1.29 is 14.4 Å². The number of imide groups is 1. The van der Waals surface area contributed by atoms with Crippen LogP contribution < -0.4 is 10.6 Å². The number of carbonyl (C=O) groups is 3. The van der Waals surface area contributed by atoms with Crippen LogP contribution in [0.5, 0.6) is 0 Å². The average Bonchev–Trinajstić information content (AvgIpc) is 3.37. The van der Waals surface area contributed by atoms with Crippen LogP contribution in [0.15, 0.2) is 36.7 Å². The van der Waals surface area contributed by atoms with Gasteiger partial charge in [0.05, 0.1) is 18.8 Å². The van der Waals surface area contributed by atoms with Gasteiger partial charge in [0.15, 0.2) is 5.82 Å². The van der Waals surface area contributed by atoms with E-state index in [9.17, 15) is 14.4 Å². The van der Waals surface area contributed by atoms with E-state index < -0.39 is 11.6 Å². The van der Waals surface area contributed by atoms with Crippen molar-refractivity contribution in [2.75, 3.05) is 20.1 Å². The maximum absolute atomic E-state index is 12.5. The van der Waals surface area contributed by atoms with E-state index in [2.05, 4.69) is 20.7 Å². The van der Waals surface area contributed by atoms with Gasteiger partial charge in [-0.1, -0.05) is 18.2 Å². The topological polar surface area (TPSA) is 112 Å². The summed E-state index contributed by atoms with van der Waals surface area (Å²) in [5.41, 5.74) is -0.158. The number of hydrogen-bond acceptors (Lipinski definition) is 5. The summed E-state index contributed by atoms with van der Waals surface area (Å²) in [6, 6.07) is 8.75. The zero-order chi connectivity index (χ0) is 19.0. The summed E-state index contributed by atoms with van der Waals surface area (Å²) < 4.78 is 1.65. The molecule has 2 aliphatic heterocycles. The van der Waals surface area contributed by atoms with E-state index in [-0.39, 0.29) is 25.0 Å². The molecule has 2 saturated heterocycles. The molecule has 1 aromatic carbocycles. The molecule has 2 aromatic rings. The third-order valence-corrected chi connectivity index (χ3v) is 4.94. The fourth-order valence-electron chi connectivity index (χ4n) is 3.45. The molecule has 1 atom stereocenters. The summed E-state index contributed by atoms with van der Waals surface area (Å²) in [7, 11) is 1.44. The lowest BCUT2D eigenvalue weighted by atomic mass is 9.99. The van der Waals surface area contributed by atoms with Crippen LogP contribution >= 0.6 is 0 Å². The molecule has 0 aliphatic carbocycles. The van der Waals surface area contributed by atoms with Gasteiger partial charge in [-0.2, -0.15) is 5.10 Å². The van der Waals surface area contributed by atoms with Crippen molar-refractivity contribution in [1.29, 1.82) is 0 Å². The molecule has 5 amide bonds. The molecule has 140 valence electrons. The Labute approximate surface area is 155 Å². The number of hydrogen-bond donors (Lipinski definition) is 2. The summed E-state index contributed by atoms with van der Waals surface area (Å²) in [6.07, 6.45) is 1.83. The Kier molecular flexibility index (Phi) is 4.02. The number of nitrogens with zero attached hydrogens (tertiary/aromatic N) is 5. The second-order valence-electron chi connectivity index (χ2n) is 6.63. The summed E-state index contributed by atoms with van der Waals surface area (Å²) in [5.74, 6) is 0.292. The predicted octanol–water partition coefficient (Wildman–Crippen LogP) is 0.103. The molecular weight excluding hydrogens is 350 g/mol. The van der Waals surface area contributed by atoms with Gasteiger partial charge in [-0.3, -0.25) is 9.69 Å². The number of likely N-dealkylation sites (tertiary alicyclic amines) is 1. The first-order chi connectivity index (χ1) is 13.0. The second-order valence-corrected chi connectivity index (χ2v) is 6.63. The largest absolute Gasteiger partial charge is 0.331 e. The van der Waals surface area contributed by atoms with Crippen LogP contribution in [-0.4, -0.2) is 68.2 Å². The number of aromatic nitrogens is 3. The number of rotatable bonds is 3. The molecule has 10 nitrogen and oxygen atoms in total. The summed E-state index contributed by atoms with van der Waals surface area (Å²) in [5, 5.41) is 9.70. The molecule has 0 bridgehead atoms. The van der Waals surface area contributed by atoms with Gasteiger partial charge in [-0.05, 0) is 18.6 Å². The highest BCUT2D eigenvalue weighted by molar-refractivity contribution is 6.07. The predicted molar refractivity (Wildman–Crippen MR) is 93.8 cm³/mol. The van der Waals surface area contributed by atoms with Crippen LogP contribution in [-0.2, 0) is 11.3 Å². The molecule has 1 aromatic heterocycles. The van der Waals surface area contributed by atoms with Gasteiger partial charge in [-0.25, -0.2) is 19.3 Å². The minimum absolute atomic E-state index is 0.152. The molecule has 0 saturated carbocycles. The molecule has 2 aliphatic rings. The standard InChI is InChI=1S/C17H19N7O3/c1-22-14(25)17(21-16(22)27)7-8-23(10-17)15(26)18-9-13-19-11-20-24(13)12-5-3-2-4-6-12/h2-6,11H,7-10H2,1H3,(H,18,26)(H,21,27). The Balaban J connectivity index is 1.40. The van der Waals surface area contributed by atoms with Crippen LogP contribution in [0.25, 0.3) is 5.69 Å². The number of para-hydroxylation sites is 1. The molecule has 1 spiro atoms. The third kappa shape index (κ3) is 2.88. The highest BCUT2D eigenvalue weighted by Gasteiger charge is 2.54. The molecule has 27 heavy (non-hydrogen) atoms. The monoisotopic (exact) mass is 369 g/mol. The first-order valence-corrected chi connectivity index (χ1v) is 8.57. The normalized spacial score (nSPS) is 21.8. The van der Waals surface area contributed by atoms with Gasteiger partial charge in [0, 0.05) is 13.6 Å². The molecular formula is C17H19N7O3. The zero-order valence-corrected chi connectivity index (χ0v) is 14.8. The van der Waals surface area contributed by atoms with Crippen LogP contribution in [0.4, 0.5) is 9.59 Å². The van der Waals surface area contributed by atoms with Crippen LogP contribution in [0.2, 0.25) is 0 Å². The fraction of sp³-hybridized carbons (Fsp3) is 0.353. The highest BCUT2D eigenvalue weighted by Crippen LogP contribution is 2.27. The van der Waals surface area contributed by atoms with E-state index in [1.54, 1.807) is 4.68 Å². The molecule has 4 rings (SSSR count). The minimum atomic E-state index is -1.01. The van der Waals surface area contributed by atoms with Crippen molar-refractivity contribution in [2.45, 2.75) is 18.5 Å². The molecule has 10 heteroatoms. The Morgan fingerprint density at radius 2 is 2.07 bits per heavy atom. The quantitative estimate of drug-likeness (QED) is 0.746. The van der Waals surface area contributed by atoms with Crippen molar-refractivity contribution in [3.8, 4) is 5.69 Å². The van der Waals surface area contributed by atoms with Gasteiger partial charge >= 0.3 is 12.1 Å². The van der Waals surface area contributed by atoms with Crippen LogP contribution in [0.1, 0.15) is 12.2 Å². The minimum Gasteiger partial charge on any atom is -0.331 e. The van der Waals surface area contributed by atoms with Gasteiger partial charge in [-0.15, -0.1) is 0 Å². The smallest absolute Gasteiger partial charge is 0.324 e. The van der Waals surface area contributed by atoms with E-state index in [0.717, 1.165) is 10.6 Å². The van der Waals surface area contributed by atoms with Crippen LogP contribution in [0, 0.1) is 0 Å². The van der Waals surface area contributed by atoms with E-state index in [4.69, 9.17) is 0 Å². The van der Waals surface area contributed by atoms with Gasteiger partial charge < -0.3 is 15.5 Å². The lowest BCUT2D eigenvalue weighted by molar-refractivity contribution is -0.129. The summed E-state index contributed by atoms with van der Waals surface area (Å²) >= 11 is 0. The molecule has 3 heterocycles. The van der Waals surface area contributed by atoms with Crippen LogP contribution in [0.3, 0.4) is 0 Å². The van der Waals surface area contributed by atoms with Crippen molar-refractivity contribution >= 4 is 18.0 Å². The molecule has 1 unspecified atom stereocenters. The van der Waals surface area contributed by atoms with E-state index in [1.807, 2.05) is 30.3 Å². The molecule has 2 N–H and O–H groups in total. The molecule has 2 fully saturated rings. The first-order valence-electron chi connectivity index (χ1n) is 8.57. The van der Waals surface area contributed by atoms with Gasteiger partial charge in [0.2, 0.25) is 0 Å². The second kappa shape index (κ2) is 6.38. The van der Waals surface area contributed by atoms with Crippen molar-refractivity contribution in [1.82, 2.24) is 35.2 Å². The van der Waals surface area contributed by atoms with Gasteiger partial charge in [0.25, 0.3) is 5.91 Å². The van der Waals surface area contributed by atoms with E-state index in [1.165, 1.54) is 18.3 Å². The van der Waals surface area contributed by atoms with Gasteiger partial charge in [0.1, 0.15) is 11.9 Å². The van der Waals surface area contributed by atoms with E-state index in [0.29, 0.717) is 18.8 Å². The fourth-order valence-corrected chi connectivity index (χ4v) is 3.45. The third-order valence-electron chi connectivity index (χ3n) is 4.94. The average molecular weight is 369 g/mol. The Bertz CT molecular complexity index is 897. The summed E-state index contributed by atoms with van der Waals surface area (Å²) in [6.45, 7) is 0.730. The molecule has 0 radical (unpaired) electrons. The lowest BCUT2D eigenvalue weighted by Crippen LogP contribution is -2.50. The maximum atomic E-state index is 12.5. The number of likely N-dealkylation sites (N-methyl/N-ethyl adjacent to an activating group) is 1. The number of carbonyl (C=O) groups excluding carboxylic acids is 3. The van der Waals surface area contributed by atoms with Crippen molar-refractivity contribution in [2.24, 2.45) is 0 Å². The van der Waals surface area contributed by atoms with Crippen molar-refractivity contribution in [3.05, 3.63) is 42.5 Å². The first kappa shape index (κ1) is 17.0. The highest BCUT2D eigenvalue weighted by atomic mass is 16.2. The van der Waals surface area contributed by atoms with E-state index >= 15 is 0 Å². The number of urea groups is 2. The number of nitrogens with one attached hydrogen (secondary N) is 2. The zero-order valence-electron chi connectivity index (χ0n) is 14.8. The number of benzene rings is 1. The Hall–Kier alpha value is -3.43.